The van der Waals surface area contributed by atoms with Crippen molar-refractivity contribution in [1.82, 2.24) is 9.97 Å². The Morgan fingerprint density at radius 1 is 1.24 bits per heavy atom. The minimum absolute atomic E-state index is 0.0396. The van der Waals surface area contributed by atoms with Crippen LogP contribution in [0.2, 0.25) is 0 Å². The van der Waals surface area contributed by atoms with Crippen LogP contribution in [0.5, 0.6) is 0 Å². The molecule has 0 spiro atoms. The Hall–Kier alpha value is -1.35. The molecule has 0 bridgehead atoms. The van der Waals surface area contributed by atoms with E-state index in [1.54, 1.807) is 6.92 Å². The molecule has 0 aliphatic rings. The van der Waals surface area contributed by atoms with Gasteiger partial charge >= 0.3 is 6.18 Å². The Morgan fingerprint density at radius 3 is 2.57 bits per heavy atom. The third-order valence-corrected chi connectivity index (χ3v) is 4.05. The van der Waals surface area contributed by atoms with Gasteiger partial charge in [0.1, 0.15) is 5.82 Å². The van der Waals surface area contributed by atoms with Gasteiger partial charge in [0.05, 0.1) is 10.3 Å². The highest BCUT2D eigenvalue weighted by atomic mass is 79.9. The minimum Gasteiger partial charge on any atom is -0.365 e. The third-order valence-electron chi connectivity index (χ3n) is 2.42. The lowest BCUT2D eigenvalue weighted by molar-refractivity contribution is -0.141. The van der Waals surface area contributed by atoms with Crippen LogP contribution in [0.4, 0.5) is 24.9 Å². The molecule has 0 aliphatic carbocycles. The van der Waals surface area contributed by atoms with Crippen molar-refractivity contribution in [3.63, 3.8) is 0 Å². The Morgan fingerprint density at radius 2 is 2.00 bits per heavy atom. The fourth-order valence-electron chi connectivity index (χ4n) is 1.54. The van der Waals surface area contributed by atoms with Crippen molar-refractivity contribution in [2.75, 3.05) is 17.2 Å². The second-order valence-electron chi connectivity index (χ2n) is 4.05. The SMILES string of the molecule is CCNc1nc(NCc2ccc(Br)s2)cc(C(F)(F)F)n1. The van der Waals surface area contributed by atoms with Gasteiger partial charge in [-0.2, -0.15) is 18.2 Å². The average molecular weight is 381 g/mol. The number of halogens is 4. The van der Waals surface area contributed by atoms with E-state index >= 15 is 0 Å². The van der Waals surface area contributed by atoms with Crippen LogP contribution in [0.25, 0.3) is 0 Å². The minimum atomic E-state index is -4.50. The van der Waals surface area contributed by atoms with Crippen LogP contribution in [0, 0.1) is 0 Å². The highest BCUT2D eigenvalue weighted by molar-refractivity contribution is 9.11. The van der Waals surface area contributed by atoms with Gasteiger partial charge in [0.15, 0.2) is 5.69 Å². The number of rotatable bonds is 5. The number of nitrogens with zero attached hydrogens (tertiary/aromatic N) is 2. The van der Waals surface area contributed by atoms with Crippen molar-refractivity contribution in [3.8, 4) is 0 Å². The van der Waals surface area contributed by atoms with Crippen molar-refractivity contribution in [3.05, 3.63) is 32.6 Å². The molecule has 0 unspecified atom stereocenters. The zero-order valence-corrected chi connectivity index (χ0v) is 13.4. The standard InChI is InChI=1S/C12H12BrF3N4S/c1-2-17-11-19-8(12(14,15)16)5-10(20-11)18-6-7-3-4-9(13)21-7/h3-5H,2,6H2,1H3,(H2,17,18,19,20). The zero-order chi connectivity index (χ0) is 15.5. The molecule has 0 radical (unpaired) electrons. The highest BCUT2D eigenvalue weighted by Crippen LogP contribution is 2.30. The van der Waals surface area contributed by atoms with Gasteiger partial charge in [0, 0.05) is 17.5 Å². The van der Waals surface area contributed by atoms with Crippen molar-refractivity contribution >= 4 is 39.0 Å². The van der Waals surface area contributed by atoms with Crippen LogP contribution < -0.4 is 10.6 Å². The molecule has 9 heteroatoms. The quantitative estimate of drug-likeness (QED) is 0.808. The summed E-state index contributed by atoms with van der Waals surface area (Å²) in [7, 11) is 0. The fourth-order valence-corrected chi connectivity index (χ4v) is 2.97. The monoisotopic (exact) mass is 380 g/mol. The van der Waals surface area contributed by atoms with Crippen LogP contribution in [0.3, 0.4) is 0 Å². The van der Waals surface area contributed by atoms with E-state index in [9.17, 15) is 13.2 Å². The highest BCUT2D eigenvalue weighted by Gasteiger charge is 2.33. The lowest BCUT2D eigenvalue weighted by Crippen LogP contribution is -2.14. The predicted octanol–water partition coefficient (Wildman–Crippen LogP) is 4.36. The second kappa shape index (κ2) is 6.61. The molecule has 21 heavy (non-hydrogen) atoms. The molecule has 2 aromatic heterocycles. The maximum absolute atomic E-state index is 12.8. The molecule has 0 fully saturated rings. The Bertz CT molecular complexity index is 615. The van der Waals surface area contributed by atoms with Crippen molar-refractivity contribution < 1.29 is 13.2 Å². The fraction of sp³-hybridized carbons (Fsp3) is 0.333. The third kappa shape index (κ3) is 4.57. The van der Waals surface area contributed by atoms with E-state index in [4.69, 9.17) is 0 Å². The molecule has 4 nitrogen and oxygen atoms in total. The summed E-state index contributed by atoms with van der Waals surface area (Å²) < 4.78 is 39.4. The first-order valence-electron chi connectivity index (χ1n) is 6.06. The van der Waals surface area contributed by atoms with Gasteiger partial charge in [0.25, 0.3) is 0 Å². The summed E-state index contributed by atoms with van der Waals surface area (Å²) in [6.45, 7) is 2.61. The van der Waals surface area contributed by atoms with E-state index in [2.05, 4.69) is 36.5 Å². The summed E-state index contributed by atoms with van der Waals surface area (Å²) in [6, 6.07) is 4.68. The van der Waals surface area contributed by atoms with E-state index in [1.807, 2.05) is 12.1 Å². The Labute approximate surface area is 131 Å². The lowest BCUT2D eigenvalue weighted by atomic mass is 10.3. The van der Waals surface area contributed by atoms with Gasteiger partial charge in [-0.3, -0.25) is 0 Å². The molecule has 2 rings (SSSR count). The van der Waals surface area contributed by atoms with Crippen LogP contribution in [-0.2, 0) is 12.7 Å². The van der Waals surface area contributed by atoms with Crippen molar-refractivity contribution in [2.45, 2.75) is 19.6 Å². The smallest absolute Gasteiger partial charge is 0.365 e. The van der Waals surface area contributed by atoms with Crippen molar-refractivity contribution in [2.24, 2.45) is 0 Å². The van der Waals surface area contributed by atoms with E-state index in [0.29, 0.717) is 13.1 Å². The number of aromatic nitrogens is 2. The van der Waals surface area contributed by atoms with Gasteiger partial charge < -0.3 is 10.6 Å². The number of nitrogens with one attached hydrogen (secondary N) is 2. The van der Waals surface area contributed by atoms with E-state index < -0.39 is 11.9 Å². The number of hydrogen-bond donors (Lipinski definition) is 2. The first-order chi connectivity index (χ1) is 9.88. The maximum atomic E-state index is 12.8. The first-order valence-corrected chi connectivity index (χ1v) is 7.67. The molecule has 2 heterocycles. The number of hydrogen-bond acceptors (Lipinski definition) is 5. The molecule has 114 valence electrons. The van der Waals surface area contributed by atoms with Crippen molar-refractivity contribution in [1.29, 1.82) is 0 Å². The first kappa shape index (κ1) is 16.0. The Balaban J connectivity index is 2.19. The van der Waals surface area contributed by atoms with E-state index in [-0.39, 0.29) is 11.8 Å². The summed E-state index contributed by atoms with van der Waals surface area (Å²) in [5, 5.41) is 5.58. The lowest BCUT2D eigenvalue weighted by Gasteiger charge is -2.11. The number of anilines is 2. The predicted molar refractivity (Wildman–Crippen MR) is 80.5 cm³/mol. The molecule has 0 aliphatic heterocycles. The van der Waals surface area contributed by atoms with Gasteiger partial charge in [0.2, 0.25) is 5.95 Å². The number of alkyl halides is 3. The van der Waals surface area contributed by atoms with Gasteiger partial charge in [-0.25, -0.2) is 4.98 Å². The van der Waals surface area contributed by atoms with Crippen LogP contribution in [-0.4, -0.2) is 16.5 Å². The summed E-state index contributed by atoms with van der Waals surface area (Å²) in [5.41, 5.74) is -0.969. The molecule has 0 saturated heterocycles. The molecule has 0 saturated carbocycles. The van der Waals surface area contributed by atoms with Gasteiger partial charge in [-0.05, 0) is 35.0 Å². The Kier molecular flexibility index (Phi) is 5.04. The summed E-state index contributed by atoms with van der Waals surface area (Å²) in [5.74, 6) is 0.0972. The molecule has 2 aromatic rings. The maximum Gasteiger partial charge on any atom is 0.433 e. The van der Waals surface area contributed by atoms with Crippen LogP contribution >= 0.6 is 27.3 Å². The van der Waals surface area contributed by atoms with E-state index in [0.717, 1.165) is 14.7 Å². The molecule has 0 aromatic carbocycles. The van der Waals surface area contributed by atoms with Crippen LogP contribution in [0.1, 0.15) is 17.5 Å². The molecular weight excluding hydrogens is 369 g/mol. The topological polar surface area (TPSA) is 49.8 Å². The van der Waals surface area contributed by atoms with E-state index in [1.165, 1.54) is 11.3 Å². The molecule has 0 atom stereocenters. The summed E-state index contributed by atoms with van der Waals surface area (Å²) in [6.07, 6.45) is -4.50. The average Bonchev–Trinajstić information content (AvgIpc) is 2.81. The largest absolute Gasteiger partial charge is 0.433 e. The normalized spacial score (nSPS) is 11.5. The summed E-state index contributed by atoms with van der Waals surface area (Å²) in [4.78, 5) is 8.46. The van der Waals surface area contributed by atoms with Crippen LogP contribution in [0.15, 0.2) is 22.0 Å². The second-order valence-corrected chi connectivity index (χ2v) is 6.60. The molecule has 0 amide bonds. The number of thiophene rings is 1. The molecule has 2 N–H and O–H groups in total. The zero-order valence-electron chi connectivity index (χ0n) is 11.0. The molecular formula is C12H12BrF3N4S. The van der Waals surface area contributed by atoms with Gasteiger partial charge in [-0.15, -0.1) is 11.3 Å². The van der Waals surface area contributed by atoms with Gasteiger partial charge in [-0.1, -0.05) is 0 Å². The summed E-state index contributed by atoms with van der Waals surface area (Å²) >= 11 is 4.84.